The van der Waals surface area contributed by atoms with Crippen molar-refractivity contribution in [2.45, 2.75) is 20.3 Å². The zero-order chi connectivity index (χ0) is 19.4. The number of hydrogen-bond acceptors (Lipinski definition) is 5. The van der Waals surface area contributed by atoms with E-state index in [2.05, 4.69) is 20.9 Å². The number of aryl methyl sites for hydroxylation is 1. The first-order valence-corrected chi connectivity index (χ1v) is 9.23. The van der Waals surface area contributed by atoms with E-state index >= 15 is 0 Å². The van der Waals surface area contributed by atoms with Crippen molar-refractivity contribution in [1.29, 1.82) is 0 Å². The first kappa shape index (κ1) is 18.7. The smallest absolute Gasteiger partial charge is 0.323 e. The Balaban J connectivity index is 1.76. The number of nitrogens with one attached hydrogen (secondary N) is 3. The van der Waals surface area contributed by atoms with Crippen LogP contribution in [-0.4, -0.2) is 24.0 Å². The van der Waals surface area contributed by atoms with Gasteiger partial charge in [-0.25, -0.2) is 9.78 Å². The van der Waals surface area contributed by atoms with Crippen LogP contribution < -0.4 is 20.7 Å². The van der Waals surface area contributed by atoms with Gasteiger partial charge in [-0.2, -0.15) is 0 Å². The molecular weight excluding hydrogens is 364 g/mol. The van der Waals surface area contributed by atoms with Crippen LogP contribution in [0, 0.1) is 6.92 Å². The first-order valence-electron chi connectivity index (χ1n) is 8.41. The second-order valence-corrected chi connectivity index (χ2v) is 6.90. The lowest BCUT2D eigenvalue weighted by Gasteiger charge is -2.09. The molecule has 0 saturated heterocycles. The number of fused-ring (bicyclic) bond motifs is 1. The fourth-order valence-corrected chi connectivity index (χ4v) is 3.52. The third kappa shape index (κ3) is 4.53. The van der Waals surface area contributed by atoms with Crippen molar-refractivity contribution < 1.29 is 14.3 Å². The Hall–Kier alpha value is -3.13. The van der Waals surface area contributed by atoms with E-state index in [4.69, 9.17) is 4.74 Å². The molecule has 1 heterocycles. The molecule has 0 saturated carbocycles. The number of methoxy groups -OCH3 is 1. The summed E-state index contributed by atoms with van der Waals surface area (Å²) >= 11 is 1.37. The Morgan fingerprint density at radius 2 is 1.89 bits per heavy atom. The summed E-state index contributed by atoms with van der Waals surface area (Å²) < 4.78 is 6.04. The van der Waals surface area contributed by atoms with E-state index in [0.717, 1.165) is 15.8 Å². The van der Waals surface area contributed by atoms with Gasteiger partial charge >= 0.3 is 6.03 Å². The number of benzene rings is 2. The van der Waals surface area contributed by atoms with Crippen LogP contribution in [0.2, 0.25) is 0 Å². The Morgan fingerprint density at radius 1 is 1.11 bits per heavy atom. The predicted octanol–water partition coefficient (Wildman–Crippen LogP) is 4.61. The minimum absolute atomic E-state index is 0.0808. The quantitative estimate of drug-likeness (QED) is 0.599. The van der Waals surface area contributed by atoms with Crippen molar-refractivity contribution in [3.8, 4) is 5.75 Å². The fraction of sp³-hybridized carbons (Fsp3) is 0.211. The van der Waals surface area contributed by atoms with Crippen molar-refractivity contribution in [2.75, 3.05) is 23.1 Å². The van der Waals surface area contributed by atoms with Gasteiger partial charge in [-0.1, -0.05) is 24.3 Å². The first-order chi connectivity index (χ1) is 13.0. The maximum absolute atomic E-state index is 12.3. The molecule has 0 fully saturated rings. The van der Waals surface area contributed by atoms with Crippen molar-refractivity contribution in [1.82, 2.24) is 4.98 Å². The molecule has 0 atom stereocenters. The van der Waals surface area contributed by atoms with Crippen LogP contribution >= 0.6 is 11.3 Å². The van der Waals surface area contributed by atoms with Gasteiger partial charge in [0.1, 0.15) is 5.75 Å². The lowest BCUT2D eigenvalue weighted by atomic mass is 10.2. The molecule has 27 heavy (non-hydrogen) atoms. The monoisotopic (exact) mass is 384 g/mol. The molecule has 7 nitrogen and oxygen atoms in total. The summed E-state index contributed by atoms with van der Waals surface area (Å²) in [5.74, 6) is 0.583. The Morgan fingerprint density at radius 3 is 2.63 bits per heavy atom. The average Bonchev–Trinajstić information content (AvgIpc) is 3.04. The van der Waals surface area contributed by atoms with Crippen molar-refractivity contribution >= 4 is 50.0 Å². The molecule has 8 heteroatoms. The molecule has 0 aliphatic carbocycles. The summed E-state index contributed by atoms with van der Waals surface area (Å²) in [5, 5.41) is 8.92. The summed E-state index contributed by atoms with van der Waals surface area (Å²) in [6.45, 7) is 3.70. The molecular formula is C19H20N4O3S. The molecule has 0 radical (unpaired) electrons. The van der Waals surface area contributed by atoms with E-state index in [0.29, 0.717) is 28.7 Å². The highest BCUT2D eigenvalue weighted by molar-refractivity contribution is 7.22. The summed E-state index contributed by atoms with van der Waals surface area (Å²) in [5.41, 5.74) is 3.01. The van der Waals surface area contributed by atoms with Gasteiger partial charge in [0, 0.05) is 23.9 Å². The van der Waals surface area contributed by atoms with Crippen LogP contribution in [0.1, 0.15) is 18.9 Å². The lowest BCUT2D eigenvalue weighted by Crippen LogP contribution is -2.19. The van der Waals surface area contributed by atoms with Gasteiger partial charge in [0.2, 0.25) is 5.91 Å². The molecule has 140 valence electrons. The van der Waals surface area contributed by atoms with Crippen LogP contribution in [0.15, 0.2) is 36.4 Å². The molecule has 0 aliphatic heterocycles. The number of nitrogens with zero attached hydrogens (tertiary/aromatic N) is 1. The predicted molar refractivity (Wildman–Crippen MR) is 109 cm³/mol. The summed E-state index contributed by atoms with van der Waals surface area (Å²) in [6, 6.07) is 10.5. The Kier molecular flexibility index (Phi) is 5.56. The van der Waals surface area contributed by atoms with Crippen molar-refractivity contribution in [3.63, 3.8) is 0 Å². The summed E-state index contributed by atoms with van der Waals surface area (Å²) in [7, 11) is 1.57. The van der Waals surface area contributed by atoms with E-state index in [1.807, 2.05) is 19.1 Å². The highest BCUT2D eigenvalue weighted by Gasteiger charge is 2.11. The molecule has 0 aliphatic rings. The number of thiazole rings is 1. The third-order valence-corrected chi connectivity index (χ3v) is 4.76. The fourth-order valence-electron chi connectivity index (χ4n) is 2.52. The van der Waals surface area contributed by atoms with E-state index in [-0.39, 0.29) is 11.9 Å². The van der Waals surface area contributed by atoms with Gasteiger partial charge in [0.15, 0.2) is 5.13 Å². The third-order valence-electron chi connectivity index (χ3n) is 3.84. The topological polar surface area (TPSA) is 92.4 Å². The molecule has 0 unspecified atom stereocenters. The zero-order valence-electron chi connectivity index (χ0n) is 15.3. The van der Waals surface area contributed by atoms with Crippen molar-refractivity contribution in [3.05, 3.63) is 42.0 Å². The number of carbonyl (C=O) groups excluding carboxylic acids is 2. The largest absolute Gasteiger partial charge is 0.497 e. The lowest BCUT2D eigenvalue weighted by molar-refractivity contribution is -0.115. The van der Waals surface area contributed by atoms with Crippen molar-refractivity contribution in [2.24, 2.45) is 0 Å². The second kappa shape index (κ2) is 8.05. The standard InChI is InChI=1S/C19H20N4O3S/c1-4-16(24)22-19-23-17-11(2)8-13(10-15(17)27-19)21-18(25)20-12-6-5-7-14(9-12)26-3/h5-10H,4H2,1-3H3,(H2,20,21,25)(H,22,23,24). The van der Waals surface area contributed by atoms with Crippen LogP contribution in [0.4, 0.5) is 21.3 Å². The highest BCUT2D eigenvalue weighted by Crippen LogP contribution is 2.31. The maximum atomic E-state index is 12.3. The molecule has 1 aromatic heterocycles. The Labute approximate surface area is 160 Å². The van der Waals surface area contributed by atoms with Crippen LogP contribution in [0.5, 0.6) is 5.75 Å². The molecule has 3 amide bonds. The number of rotatable bonds is 5. The van der Waals surface area contributed by atoms with Gasteiger partial charge in [0.05, 0.1) is 17.3 Å². The number of aromatic nitrogens is 1. The van der Waals surface area contributed by atoms with E-state index in [1.165, 1.54) is 11.3 Å². The second-order valence-electron chi connectivity index (χ2n) is 5.87. The van der Waals surface area contributed by atoms with E-state index in [9.17, 15) is 9.59 Å². The Bertz CT molecular complexity index is 1000. The minimum Gasteiger partial charge on any atom is -0.497 e. The number of urea groups is 1. The van der Waals surface area contributed by atoms with Gasteiger partial charge in [0.25, 0.3) is 0 Å². The molecule has 0 bridgehead atoms. The van der Waals surface area contributed by atoms with Crippen LogP contribution in [0.25, 0.3) is 10.2 Å². The number of ether oxygens (including phenoxy) is 1. The number of anilines is 3. The number of hydrogen-bond donors (Lipinski definition) is 3. The SMILES string of the molecule is CCC(=O)Nc1nc2c(C)cc(NC(=O)Nc3cccc(OC)c3)cc2s1. The molecule has 3 rings (SSSR count). The number of amides is 3. The van der Waals surface area contributed by atoms with Gasteiger partial charge < -0.3 is 20.7 Å². The maximum Gasteiger partial charge on any atom is 0.323 e. The molecule has 0 spiro atoms. The molecule has 3 aromatic rings. The van der Waals surface area contributed by atoms with Crippen LogP contribution in [0.3, 0.4) is 0 Å². The van der Waals surface area contributed by atoms with Gasteiger partial charge in [-0.15, -0.1) is 0 Å². The molecule has 3 N–H and O–H groups in total. The van der Waals surface area contributed by atoms with Crippen LogP contribution in [-0.2, 0) is 4.79 Å². The normalized spacial score (nSPS) is 10.5. The summed E-state index contributed by atoms with van der Waals surface area (Å²) in [4.78, 5) is 28.3. The van der Waals surface area contributed by atoms with E-state index < -0.39 is 0 Å². The molecule has 2 aromatic carbocycles. The summed E-state index contributed by atoms with van der Waals surface area (Å²) in [6.07, 6.45) is 0.395. The van der Waals surface area contributed by atoms with Gasteiger partial charge in [-0.3, -0.25) is 4.79 Å². The van der Waals surface area contributed by atoms with Gasteiger partial charge in [-0.05, 0) is 36.8 Å². The average molecular weight is 384 g/mol. The minimum atomic E-state index is -0.356. The van der Waals surface area contributed by atoms with E-state index in [1.54, 1.807) is 38.3 Å². The number of carbonyl (C=O) groups is 2. The highest BCUT2D eigenvalue weighted by atomic mass is 32.1. The zero-order valence-corrected chi connectivity index (χ0v) is 16.1.